The number of hydrogen-bond donors (Lipinski definition) is 0. The lowest BCUT2D eigenvalue weighted by Gasteiger charge is -2.05. The first-order valence-corrected chi connectivity index (χ1v) is 6.89. The maximum Gasteiger partial charge on any atom is 0.287 e. The van der Waals surface area contributed by atoms with Crippen LogP contribution >= 0.6 is 23.2 Å². The minimum atomic E-state index is -0.325. The van der Waals surface area contributed by atoms with Crippen molar-refractivity contribution in [2.45, 2.75) is 25.8 Å². The van der Waals surface area contributed by atoms with Crippen LogP contribution in [0.1, 0.15) is 18.4 Å². The predicted molar refractivity (Wildman–Crippen MR) is 77.9 cm³/mol. The van der Waals surface area contributed by atoms with Gasteiger partial charge in [0.25, 0.3) is 5.56 Å². The third kappa shape index (κ3) is 3.82. The normalized spacial score (nSPS) is 10.6. The van der Waals surface area contributed by atoms with Gasteiger partial charge < -0.3 is 0 Å². The third-order valence-electron chi connectivity index (χ3n) is 2.87. The van der Waals surface area contributed by atoms with Gasteiger partial charge in [0.2, 0.25) is 0 Å². The Morgan fingerprint density at radius 3 is 2.58 bits per heavy atom. The zero-order chi connectivity index (χ0) is 13.7. The van der Waals surface area contributed by atoms with Gasteiger partial charge in [-0.3, -0.25) is 4.79 Å². The molecule has 5 heteroatoms. The highest BCUT2D eigenvalue weighted by molar-refractivity contribution is 6.41. The smallest absolute Gasteiger partial charge is 0.266 e. The van der Waals surface area contributed by atoms with Gasteiger partial charge in [0, 0.05) is 6.54 Å². The molecule has 0 N–H and O–H groups in total. The summed E-state index contributed by atoms with van der Waals surface area (Å²) in [6, 6.07) is 10.3. The average molecular weight is 297 g/mol. The Labute approximate surface area is 121 Å². The van der Waals surface area contributed by atoms with Gasteiger partial charge in [-0.15, -0.1) is 0 Å². The highest BCUT2D eigenvalue weighted by Crippen LogP contribution is 2.14. The molecule has 0 amide bonds. The SMILES string of the molecule is O=c1c(Cl)c(Cl)cnn1CCCCc1ccccc1. The monoisotopic (exact) mass is 296 g/mol. The summed E-state index contributed by atoms with van der Waals surface area (Å²) >= 11 is 11.5. The molecule has 0 atom stereocenters. The lowest BCUT2D eigenvalue weighted by Crippen LogP contribution is -2.23. The summed E-state index contributed by atoms with van der Waals surface area (Å²) in [5.74, 6) is 0. The molecule has 0 aliphatic carbocycles. The molecule has 0 aliphatic rings. The molecule has 2 aromatic rings. The van der Waals surface area contributed by atoms with Crippen LogP contribution in [0.25, 0.3) is 0 Å². The molecular formula is C14H14Cl2N2O. The fourth-order valence-electron chi connectivity index (χ4n) is 1.84. The molecule has 0 bridgehead atoms. The molecule has 1 heterocycles. The summed E-state index contributed by atoms with van der Waals surface area (Å²) in [4.78, 5) is 11.7. The summed E-state index contributed by atoms with van der Waals surface area (Å²) < 4.78 is 1.36. The van der Waals surface area contributed by atoms with E-state index in [9.17, 15) is 4.79 Å². The van der Waals surface area contributed by atoms with Crippen LogP contribution in [0, 0.1) is 0 Å². The largest absolute Gasteiger partial charge is 0.287 e. The second kappa shape index (κ2) is 6.73. The van der Waals surface area contributed by atoms with Crippen molar-refractivity contribution in [2.24, 2.45) is 0 Å². The zero-order valence-corrected chi connectivity index (χ0v) is 11.9. The van der Waals surface area contributed by atoms with Crippen molar-refractivity contribution in [2.75, 3.05) is 0 Å². The van der Waals surface area contributed by atoms with Crippen LogP contribution in [0.3, 0.4) is 0 Å². The molecule has 0 aliphatic heterocycles. The second-order valence-electron chi connectivity index (χ2n) is 4.28. The Bertz CT molecular complexity index is 596. The number of aryl methyl sites for hydroxylation is 2. The van der Waals surface area contributed by atoms with Gasteiger partial charge in [0.1, 0.15) is 5.02 Å². The number of halogens is 2. The fraction of sp³-hybridized carbons (Fsp3) is 0.286. The maximum absolute atomic E-state index is 11.7. The van der Waals surface area contributed by atoms with Crippen LogP contribution in [0.5, 0.6) is 0 Å². The van der Waals surface area contributed by atoms with Crippen molar-refractivity contribution in [1.82, 2.24) is 9.78 Å². The summed E-state index contributed by atoms with van der Waals surface area (Å²) in [7, 11) is 0. The molecule has 3 nitrogen and oxygen atoms in total. The van der Waals surface area contributed by atoms with E-state index >= 15 is 0 Å². The second-order valence-corrected chi connectivity index (χ2v) is 5.06. The molecule has 2 rings (SSSR count). The van der Waals surface area contributed by atoms with Crippen molar-refractivity contribution in [1.29, 1.82) is 0 Å². The van der Waals surface area contributed by atoms with E-state index in [0.29, 0.717) is 6.54 Å². The quantitative estimate of drug-likeness (QED) is 0.791. The van der Waals surface area contributed by atoms with E-state index in [2.05, 4.69) is 17.2 Å². The highest BCUT2D eigenvalue weighted by atomic mass is 35.5. The summed E-state index contributed by atoms with van der Waals surface area (Å²) in [6.07, 6.45) is 4.28. The van der Waals surface area contributed by atoms with Crippen LogP contribution in [-0.4, -0.2) is 9.78 Å². The Kier molecular flexibility index (Phi) is 5.00. The minimum Gasteiger partial charge on any atom is -0.266 e. The Hall–Kier alpha value is -1.32. The van der Waals surface area contributed by atoms with E-state index in [1.165, 1.54) is 16.4 Å². The van der Waals surface area contributed by atoms with Crippen molar-refractivity contribution >= 4 is 23.2 Å². The van der Waals surface area contributed by atoms with E-state index in [1.807, 2.05) is 18.2 Å². The standard InChI is InChI=1S/C14H14Cl2N2O/c15-12-10-17-18(14(19)13(12)16)9-5-4-8-11-6-2-1-3-7-11/h1-3,6-7,10H,4-5,8-9H2. The number of benzene rings is 1. The van der Waals surface area contributed by atoms with Crippen LogP contribution in [0.4, 0.5) is 0 Å². The molecule has 0 fully saturated rings. The number of unbranched alkanes of at least 4 members (excludes halogenated alkanes) is 1. The molecule has 0 spiro atoms. The first-order valence-electron chi connectivity index (χ1n) is 6.13. The Balaban J connectivity index is 1.87. The van der Waals surface area contributed by atoms with E-state index in [-0.39, 0.29) is 15.6 Å². The van der Waals surface area contributed by atoms with Gasteiger partial charge in [0.15, 0.2) is 0 Å². The average Bonchev–Trinajstić information content (AvgIpc) is 2.44. The van der Waals surface area contributed by atoms with Crippen molar-refractivity contribution < 1.29 is 0 Å². The summed E-state index contributed by atoms with van der Waals surface area (Å²) in [5.41, 5.74) is 0.978. The fourth-order valence-corrected chi connectivity index (χ4v) is 2.11. The molecular weight excluding hydrogens is 283 g/mol. The first-order chi connectivity index (χ1) is 9.18. The Morgan fingerprint density at radius 2 is 1.84 bits per heavy atom. The molecule has 100 valence electrons. The predicted octanol–water partition coefficient (Wildman–Crippen LogP) is 3.57. The highest BCUT2D eigenvalue weighted by Gasteiger charge is 2.06. The molecule has 0 radical (unpaired) electrons. The minimum absolute atomic E-state index is 0.0414. The summed E-state index contributed by atoms with van der Waals surface area (Å²) in [5, 5.41) is 4.21. The maximum atomic E-state index is 11.7. The van der Waals surface area contributed by atoms with Crippen LogP contribution in [0.2, 0.25) is 10.0 Å². The van der Waals surface area contributed by atoms with Crippen molar-refractivity contribution in [3.8, 4) is 0 Å². The molecule has 0 saturated carbocycles. The van der Waals surface area contributed by atoms with Crippen LogP contribution in [-0.2, 0) is 13.0 Å². The lowest BCUT2D eigenvalue weighted by atomic mass is 10.1. The first kappa shape index (κ1) is 14.1. The van der Waals surface area contributed by atoms with Gasteiger partial charge in [-0.05, 0) is 24.8 Å². The van der Waals surface area contributed by atoms with E-state index in [4.69, 9.17) is 23.2 Å². The Morgan fingerprint density at radius 1 is 1.11 bits per heavy atom. The van der Waals surface area contributed by atoms with Gasteiger partial charge in [-0.1, -0.05) is 53.5 Å². The third-order valence-corrected chi connectivity index (χ3v) is 3.62. The molecule has 1 aromatic carbocycles. The topological polar surface area (TPSA) is 34.9 Å². The molecule has 1 aromatic heterocycles. The van der Waals surface area contributed by atoms with Gasteiger partial charge in [-0.25, -0.2) is 4.68 Å². The van der Waals surface area contributed by atoms with Gasteiger partial charge in [-0.2, -0.15) is 5.10 Å². The number of nitrogens with zero attached hydrogens (tertiary/aromatic N) is 2. The zero-order valence-electron chi connectivity index (χ0n) is 10.4. The van der Waals surface area contributed by atoms with Crippen molar-refractivity contribution in [3.63, 3.8) is 0 Å². The molecule has 0 saturated heterocycles. The number of hydrogen-bond acceptors (Lipinski definition) is 2. The van der Waals surface area contributed by atoms with E-state index in [1.54, 1.807) is 0 Å². The summed E-state index contributed by atoms with van der Waals surface area (Å²) in [6.45, 7) is 0.558. The van der Waals surface area contributed by atoms with Crippen LogP contribution in [0.15, 0.2) is 41.3 Å². The van der Waals surface area contributed by atoms with Crippen LogP contribution < -0.4 is 5.56 Å². The van der Waals surface area contributed by atoms with Crippen molar-refractivity contribution in [3.05, 3.63) is 62.5 Å². The van der Waals surface area contributed by atoms with E-state index in [0.717, 1.165) is 19.3 Å². The number of aromatic nitrogens is 2. The van der Waals surface area contributed by atoms with Gasteiger partial charge >= 0.3 is 0 Å². The van der Waals surface area contributed by atoms with E-state index < -0.39 is 0 Å². The van der Waals surface area contributed by atoms with Gasteiger partial charge in [0.05, 0.1) is 11.2 Å². The molecule has 0 unspecified atom stereocenters. The molecule has 19 heavy (non-hydrogen) atoms. The lowest BCUT2D eigenvalue weighted by molar-refractivity contribution is 0.532. The number of rotatable bonds is 5.